The van der Waals surface area contributed by atoms with Gasteiger partial charge in [0.05, 0.1) is 5.69 Å². The van der Waals surface area contributed by atoms with Crippen molar-refractivity contribution in [2.75, 3.05) is 7.05 Å². The van der Waals surface area contributed by atoms with Crippen molar-refractivity contribution in [1.29, 1.82) is 0 Å². The molecule has 0 fully saturated rings. The van der Waals surface area contributed by atoms with Gasteiger partial charge < -0.3 is 9.88 Å². The highest BCUT2D eigenvalue weighted by molar-refractivity contribution is 6.30. The van der Waals surface area contributed by atoms with Crippen molar-refractivity contribution in [2.24, 2.45) is 0 Å². The Hall–Kier alpha value is -1.32. The fourth-order valence-electron chi connectivity index (χ4n) is 1.92. The molecule has 1 heterocycles. The first-order chi connectivity index (χ1) is 8.26. The van der Waals surface area contributed by atoms with Crippen LogP contribution in [0.4, 0.5) is 0 Å². The summed E-state index contributed by atoms with van der Waals surface area (Å²) in [6, 6.07) is 5.95. The van der Waals surface area contributed by atoms with Gasteiger partial charge in [0.15, 0.2) is 0 Å². The molecule has 2 rings (SSSR count). The molecule has 1 N–H and O–H groups in total. The lowest BCUT2D eigenvalue weighted by molar-refractivity contribution is 0.798. The minimum absolute atomic E-state index is 0.746. The van der Waals surface area contributed by atoms with Crippen molar-refractivity contribution in [3.63, 3.8) is 0 Å². The first-order valence-corrected chi connectivity index (χ1v) is 6.09. The topological polar surface area (TPSA) is 29.9 Å². The maximum absolute atomic E-state index is 6.08. The number of halogens is 1. The van der Waals surface area contributed by atoms with Crippen molar-refractivity contribution in [3.8, 4) is 5.69 Å². The minimum Gasteiger partial charge on any atom is -0.316 e. The number of aryl methyl sites for hydroxylation is 1. The summed E-state index contributed by atoms with van der Waals surface area (Å²) in [5, 5.41) is 3.91. The zero-order valence-electron chi connectivity index (χ0n) is 10.1. The normalized spacial score (nSPS) is 10.8. The zero-order valence-corrected chi connectivity index (χ0v) is 10.8. The van der Waals surface area contributed by atoms with Crippen LogP contribution in [0.2, 0.25) is 5.02 Å². The standard InChI is InChI=1S/C13H16ClN3/c1-3-13-16-6-7-17(13)12-8-11(14)5-4-10(12)9-15-2/h4-8,15H,3,9H2,1-2H3. The molecule has 0 amide bonds. The number of aromatic nitrogens is 2. The van der Waals surface area contributed by atoms with Gasteiger partial charge in [-0.15, -0.1) is 0 Å². The van der Waals surface area contributed by atoms with Crippen LogP contribution in [0, 0.1) is 0 Å². The Labute approximate surface area is 106 Å². The van der Waals surface area contributed by atoms with E-state index in [2.05, 4.69) is 21.8 Å². The van der Waals surface area contributed by atoms with E-state index in [0.29, 0.717) is 0 Å². The molecule has 1 aromatic heterocycles. The molecule has 0 saturated carbocycles. The highest BCUT2D eigenvalue weighted by atomic mass is 35.5. The predicted octanol–water partition coefficient (Wildman–Crippen LogP) is 2.81. The molecule has 3 nitrogen and oxygen atoms in total. The van der Waals surface area contributed by atoms with Gasteiger partial charge in [-0.25, -0.2) is 4.98 Å². The molecule has 0 spiro atoms. The predicted molar refractivity (Wildman–Crippen MR) is 70.7 cm³/mol. The highest BCUT2D eigenvalue weighted by Gasteiger charge is 2.08. The second-order valence-electron chi connectivity index (χ2n) is 3.87. The summed E-state index contributed by atoms with van der Waals surface area (Å²) in [6.45, 7) is 2.91. The minimum atomic E-state index is 0.746. The fraction of sp³-hybridized carbons (Fsp3) is 0.308. The monoisotopic (exact) mass is 249 g/mol. The van der Waals surface area contributed by atoms with Crippen LogP contribution in [-0.2, 0) is 13.0 Å². The van der Waals surface area contributed by atoms with Gasteiger partial charge in [0.1, 0.15) is 5.82 Å². The summed E-state index contributed by atoms with van der Waals surface area (Å²) >= 11 is 6.08. The van der Waals surface area contributed by atoms with E-state index in [-0.39, 0.29) is 0 Å². The second-order valence-corrected chi connectivity index (χ2v) is 4.31. The molecule has 0 atom stereocenters. The molecule has 1 aromatic carbocycles. The molecular formula is C13H16ClN3. The van der Waals surface area contributed by atoms with E-state index in [1.54, 1.807) is 0 Å². The number of nitrogens with one attached hydrogen (secondary N) is 1. The van der Waals surface area contributed by atoms with Crippen LogP contribution in [0.25, 0.3) is 5.69 Å². The second kappa shape index (κ2) is 5.34. The highest BCUT2D eigenvalue weighted by Crippen LogP contribution is 2.21. The molecule has 2 aromatic rings. The summed E-state index contributed by atoms with van der Waals surface area (Å²) in [5.41, 5.74) is 2.31. The molecule has 4 heteroatoms. The molecule has 0 bridgehead atoms. The lowest BCUT2D eigenvalue weighted by Crippen LogP contribution is -2.10. The third kappa shape index (κ3) is 2.51. The molecule has 0 aliphatic rings. The summed E-state index contributed by atoms with van der Waals surface area (Å²) in [7, 11) is 1.94. The molecular weight excluding hydrogens is 234 g/mol. The van der Waals surface area contributed by atoms with Gasteiger partial charge >= 0.3 is 0 Å². The van der Waals surface area contributed by atoms with Crippen LogP contribution in [0.1, 0.15) is 18.3 Å². The molecule has 90 valence electrons. The van der Waals surface area contributed by atoms with Crippen molar-refractivity contribution in [2.45, 2.75) is 19.9 Å². The van der Waals surface area contributed by atoms with Crippen LogP contribution in [0.15, 0.2) is 30.6 Å². The first kappa shape index (κ1) is 12.1. The average Bonchev–Trinajstić information content (AvgIpc) is 2.79. The van der Waals surface area contributed by atoms with Crippen LogP contribution < -0.4 is 5.32 Å². The molecule has 0 aliphatic heterocycles. The first-order valence-electron chi connectivity index (χ1n) is 5.72. The van der Waals surface area contributed by atoms with E-state index in [9.17, 15) is 0 Å². The third-order valence-corrected chi connectivity index (χ3v) is 2.94. The van der Waals surface area contributed by atoms with Crippen LogP contribution in [0.3, 0.4) is 0 Å². The molecule has 17 heavy (non-hydrogen) atoms. The molecule has 0 unspecified atom stereocenters. The van der Waals surface area contributed by atoms with E-state index in [1.807, 2.05) is 37.6 Å². The molecule has 0 saturated heterocycles. The quantitative estimate of drug-likeness (QED) is 0.903. The largest absolute Gasteiger partial charge is 0.316 e. The Bertz CT molecular complexity index is 505. The Kier molecular flexibility index (Phi) is 3.82. The lowest BCUT2D eigenvalue weighted by Gasteiger charge is -2.13. The van der Waals surface area contributed by atoms with Gasteiger partial charge in [-0.2, -0.15) is 0 Å². The Morgan fingerprint density at radius 1 is 1.41 bits per heavy atom. The maximum Gasteiger partial charge on any atom is 0.112 e. The van der Waals surface area contributed by atoms with Gasteiger partial charge in [0.25, 0.3) is 0 Å². The van der Waals surface area contributed by atoms with Crippen LogP contribution in [0.5, 0.6) is 0 Å². The van der Waals surface area contributed by atoms with E-state index in [0.717, 1.165) is 29.5 Å². The van der Waals surface area contributed by atoms with Gasteiger partial charge in [0, 0.05) is 30.4 Å². The Morgan fingerprint density at radius 3 is 2.94 bits per heavy atom. The lowest BCUT2D eigenvalue weighted by atomic mass is 10.1. The Morgan fingerprint density at radius 2 is 2.24 bits per heavy atom. The van der Waals surface area contributed by atoms with Crippen molar-refractivity contribution < 1.29 is 0 Å². The average molecular weight is 250 g/mol. The van der Waals surface area contributed by atoms with Crippen LogP contribution >= 0.6 is 11.6 Å². The SMILES string of the molecule is CCc1nccn1-c1cc(Cl)ccc1CNC. The van der Waals surface area contributed by atoms with Gasteiger partial charge in [0.2, 0.25) is 0 Å². The number of hydrogen-bond donors (Lipinski definition) is 1. The van der Waals surface area contributed by atoms with Crippen LogP contribution in [-0.4, -0.2) is 16.6 Å². The molecule has 0 radical (unpaired) electrons. The van der Waals surface area contributed by atoms with Gasteiger partial charge in [-0.05, 0) is 24.7 Å². The summed E-state index contributed by atoms with van der Waals surface area (Å²) in [5.74, 6) is 1.05. The molecule has 0 aliphatic carbocycles. The number of nitrogens with zero attached hydrogens (tertiary/aromatic N) is 2. The third-order valence-electron chi connectivity index (χ3n) is 2.71. The van der Waals surface area contributed by atoms with E-state index in [1.165, 1.54) is 5.56 Å². The maximum atomic E-state index is 6.08. The van der Waals surface area contributed by atoms with E-state index >= 15 is 0 Å². The number of benzene rings is 1. The van der Waals surface area contributed by atoms with Gasteiger partial charge in [-0.3, -0.25) is 0 Å². The number of rotatable bonds is 4. The zero-order chi connectivity index (χ0) is 12.3. The van der Waals surface area contributed by atoms with Crippen molar-refractivity contribution >= 4 is 11.6 Å². The fourth-order valence-corrected chi connectivity index (χ4v) is 2.08. The van der Waals surface area contributed by atoms with E-state index in [4.69, 9.17) is 11.6 Å². The summed E-state index contributed by atoms with van der Waals surface area (Å²) in [6.07, 6.45) is 4.70. The van der Waals surface area contributed by atoms with Crippen molar-refractivity contribution in [1.82, 2.24) is 14.9 Å². The number of imidazole rings is 1. The Balaban J connectivity index is 2.52. The summed E-state index contributed by atoms with van der Waals surface area (Å²) < 4.78 is 2.10. The van der Waals surface area contributed by atoms with Crippen molar-refractivity contribution in [3.05, 3.63) is 47.0 Å². The van der Waals surface area contributed by atoms with Gasteiger partial charge in [-0.1, -0.05) is 24.6 Å². The summed E-state index contributed by atoms with van der Waals surface area (Å²) in [4.78, 5) is 4.34. The smallest absolute Gasteiger partial charge is 0.112 e. The number of hydrogen-bond acceptors (Lipinski definition) is 2. The van der Waals surface area contributed by atoms with E-state index < -0.39 is 0 Å².